The molecule has 0 spiro atoms. The summed E-state index contributed by atoms with van der Waals surface area (Å²) in [4.78, 5) is 0. The molecule has 0 fully saturated rings. The van der Waals surface area contributed by atoms with E-state index in [1.807, 2.05) is 30.3 Å². The lowest BCUT2D eigenvalue weighted by Gasteiger charge is -1.96. The lowest BCUT2D eigenvalue weighted by atomic mass is 10.2. The zero-order chi connectivity index (χ0) is 14.3. The highest BCUT2D eigenvalue weighted by atomic mass is 35.5. The molecule has 0 aliphatic heterocycles. The highest BCUT2D eigenvalue weighted by Gasteiger charge is 1.94. The molecule has 0 bridgehead atoms. The summed E-state index contributed by atoms with van der Waals surface area (Å²) in [6.07, 6.45) is 3.48. The fraction of sp³-hybridized carbons (Fsp3) is 0. The maximum atomic E-state index is 5.77. The molecule has 0 nitrogen and oxygen atoms in total. The third-order valence-electron chi connectivity index (χ3n) is 2.29. The molecular formula is C16H13Cl3. The van der Waals surface area contributed by atoms with E-state index in [2.05, 4.69) is 13.2 Å². The van der Waals surface area contributed by atoms with Gasteiger partial charge in [-0.3, -0.25) is 0 Å². The summed E-state index contributed by atoms with van der Waals surface area (Å²) in [7, 11) is 0. The van der Waals surface area contributed by atoms with E-state index in [0.717, 1.165) is 16.1 Å². The van der Waals surface area contributed by atoms with Gasteiger partial charge >= 0.3 is 0 Å². The third kappa shape index (κ3) is 5.52. The number of hydrogen-bond acceptors (Lipinski definition) is 0. The van der Waals surface area contributed by atoms with E-state index >= 15 is 0 Å². The number of rotatable bonds is 2. The van der Waals surface area contributed by atoms with Gasteiger partial charge in [0.2, 0.25) is 0 Å². The molecule has 0 N–H and O–H groups in total. The van der Waals surface area contributed by atoms with Gasteiger partial charge in [0, 0.05) is 15.1 Å². The average Bonchev–Trinajstić information content (AvgIpc) is 2.40. The average molecular weight is 312 g/mol. The number of benzene rings is 2. The van der Waals surface area contributed by atoms with Crippen molar-refractivity contribution in [2.45, 2.75) is 0 Å². The third-order valence-corrected chi connectivity index (χ3v) is 3.10. The van der Waals surface area contributed by atoms with Crippen molar-refractivity contribution in [3.05, 3.63) is 81.8 Å². The Morgan fingerprint density at radius 1 is 0.737 bits per heavy atom. The summed E-state index contributed by atoms with van der Waals surface area (Å²) >= 11 is 17.1. The summed E-state index contributed by atoms with van der Waals surface area (Å²) in [5, 5.41) is 2.05. The molecule has 2 aromatic rings. The van der Waals surface area contributed by atoms with Crippen LogP contribution in [0.2, 0.25) is 15.1 Å². The molecule has 98 valence electrons. The van der Waals surface area contributed by atoms with Crippen molar-refractivity contribution in [1.82, 2.24) is 0 Å². The fourth-order valence-electron chi connectivity index (χ4n) is 1.27. The zero-order valence-electron chi connectivity index (χ0n) is 10.2. The standard InChI is InChI=1S/C8H6Cl2.C8H7Cl/c1-2-6-3-4-7(9)5-8(6)10;1-2-7-3-5-8(9)6-4-7/h2-5H,1H2;2-6H,1H2. The molecule has 0 aliphatic carbocycles. The first kappa shape index (κ1) is 15.8. The van der Waals surface area contributed by atoms with Crippen molar-refractivity contribution in [2.75, 3.05) is 0 Å². The molecule has 0 radical (unpaired) electrons. The van der Waals surface area contributed by atoms with Gasteiger partial charge < -0.3 is 0 Å². The Balaban J connectivity index is 0.000000191. The van der Waals surface area contributed by atoms with Crippen LogP contribution in [0.25, 0.3) is 12.2 Å². The minimum absolute atomic E-state index is 0.641. The quantitative estimate of drug-likeness (QED) is 0.584. The van der Waals surface area contributed by atoms with Crippen LogP contribution in [0.5, 0.6) is 0 Å². The zero-order valence-corrected chi connectivity index (χ0v) is 12.5. The van der Waals surface area contributed by atoms with Crippen LogP contribution in [0.3, 0.4) is 0 Å². The minimum Gasteiger partial charge on any atom is -0.0985 e. The van der Waals surface area contributed by atoms with Gasteiger partial charge in [-0.25, -0.2) is 0 Å². The molecule has 2 rings (SSSR count). The van der Waals surface area contributed by atoms with E-state index in [4.69, 9.17) is 34.8 Å². The fourth-order valence-corrected chi connectivity index (χ4v) is 1.88. The SMILES string of the molecule is C=Cc1ccc(Cl)cc1.C=Cc1ccc(Cl)cc1Cl. The molecule has 0 amide bonds. The maximum Gasteiger partial charge on any atom is 0.0492 e. The normalized spacial score (nSPS) is 9.21. The Bertz CT molecular complexity index is 557. The van der Waals surface area contributed by atoms with Crippen LogP contribution in [0.15, 0.2) is 55.6 Å². The van der Waals surface area contributed by atoms with Crippen LogP contribution in [0.4, 0.5) is 0 Å². The second-order valence-electron chi connectivity index (χ2n) is 3.63. The van der Waals surface area contributed by atoms with Crippen molar-refractivity contribution < 1.29 is 0 Å². The Hall–Kier alpha value is -1.21. The minimum atomic E-state index is 0.641. The molecule has 0 unspecified atom stereocenters. The van der Waals surface area contributed by atoms with Gasteiger partial charge in [-0.05, 0) is 35.4 Å². The van der Waals surface area contributed by atoms with Gasteiger partial charge in [0.15, 0.2) is 0 Å². The molecule has 0 saturated carbocycles. The molecule has 0 heterocycles. The number of halogens is 3. The Labute approximate surface area is 128 Å². The second kappa shape index (κ2) is 8.06. The van der Waals surface area contributed by atoms with E-state index in [1.54, 1.807) is 24.3 Å². The van der Waals surface area contributed by atoms with Crippen molar-refractivity contribution in [3.8, 4) is 0 Å². The van der Waals surface area contributed by atoms with E-state index in [1.165, 1.54) is 0 Å². The van der Waals surface area contributed by atoms with Crippen LogP contribution in [0.1, 0.15) is 11.1 Å². The summed E-state index contributed by atoms with van der Waals surface area (Å²) in [6, 6.07) is 12.9. The van der Waals surface area contributed by atoms with Gasteiger partial charge in [0.1, 0.15) is 0 Å². The number of hydrogen-bond donors (Lipinski definition) is 0. The Morgan fingerprint density at radius 3 is 1.79 bits per heavy atom. The predicted molar refractivity (Wildman–Crippen MR) is 88.1 cm³/mol. The molecule has 0 saturated heterocycles. The predicted octanol–water partition coefficient (Wildman–Crippen LogP) is 6.62. The van der Waals surface area contributed by atoms with Gasteiger partial charge in [0.05, 0.1) is 0 Å². The van der Waals surface area contributed by atoms with Gasteiger partial charge in [-0.15, -0.1) is 0 Å². The van der Waals surface area contributed by atoms with Crippen molar-refractivity contribution >= 4 is 47.0 Å². The Kier molecular flexibility index (Phi) is 6.72. The van der Waals surface area contributed by atoms with Gasteiger partial charge in [-0.1, -0.05) is 78.3 Å². The van der Waals surface area contributed by atoms with Crippen LogP contribution >= 0.6 is 34.8 Å². The molecule has 0 aromatic heterocycles. The molecular weight excluding hydrogens is 299 g/mol. The lowest BCUT2D eigenvalue weighted by molar-refractivity contribution is 1.66. The summed E-state index contributed by atoms with van der Waals surface area (Å²) in [5.74, 6) is 0. The van der Waals surface area contributed by atoms with Crippen molar-refractivity contribution in [1.29, 1.82) is 0 Å². The van der Waals surface area contributed by atoms with Crippen LogP contribution < -0.4 is 0 Å². The first-order chi connectivity index (χ1) is 9.06. The molecule has 3 heteroatoms. The van der Waals surface area contributed by atoms with Crippen LogP contribution in [0, 0.1) is 0 Å². The van der Waals surface area contributed by atoms with Crippen LogP contribution in [-0.4, -0.2) is 0 Å². The maximum absolute atomic E-state index is 5.77. The Morgan fingerprint density at radius 2 is 1.32 bits per heavy atom. The van der Waals surface area contributed by atoms with Gasteiger partial charge in [0.25, 0.3) is 0 Å². The van der Waals surface area contributed by atoms with Gasteiger partial charge in [-0.2, -0.15) is 0 Å². The van der Waals surface area contributed by atoms with E-state index in [9.17, 15) is 0 Å². The monoisotopic (exact) mass is 310 g/mol. The lowest BCUT2D eigenvalue weighted by Crippen LogP contribution is -1.72. The summed E-state index contributed by atoms with van der Waals surface area (Å²) < 4.78 is 0. The molecule has 0 aliphatic rings. The van der Waals surface area contributed by atoms with E-state index in [0.29, 0.717) is 10.0 Å². The first-order valence-corrected chi connectivity index (χ1v) is 6.65. The van der Waals surface area contributed by atoms with Crippen molar-refractivity contribution in [2.24, 2.45) is 0 Å². The van der Waals surface area contributed by atoms with Crippen molar-refractivity contribution in [3.63, 3.8) is 0 Å². The molecule has 2 aromatic carbocycles. The summed E-state index contributed by atoms with van der Waals surface area (Å²) in [6.45, 7) is 7.21. The molecule has 0 atom stereocenters. The first-order valence-electron chi connectivity index (χ1n) is 5.52. The van der Waals surface area contributed by atoms with E-state index < -0.39 is 0 Å². The smallest absolute Gasteiger partial charge is 0.0492 e. The highest BCUT2D eigenvalue weighted by molar-refractivity contribution is 6.35. The molecule has 19 heavy (non-hydrogen) atoms. The van der Waals surface area contributed by atoms with Crippen LogP contribution in [-0.2, 0) is 0 Å². The van der Waals surface area contributed by atoms with E-state index in [-0.39, 0.29) is 0 Å². The largest absolute Gasteiger partial charge is 0.0985 e. The summed E-state index contributed by atoms with van der Waals surface area (Å²) in [5.41, 5.74) is 2.01. The highest BCUT2D eigenvalue weighted by Crippen LogP contribution is 2.21. The second-order valence-corrected chi connectivity index (χ2v) is 4.91. The topological polar surface area (TPSA) is 0 Å².